The van der Waals surface area contributed by atoms with E-state index in [9.17, 15) is 0 Å². The summed E-state index contributed by atoms with van der Waals surface area (Å²) >= 11 is 0. The molecule has 0 aliphatic rings. The minimum absolute atomic E-state index is 0.166. The second-order valence-corrected chi connectivity index (χ2v) is 6.87. The molecule has 8 nitrogen and oxygen atoms in total. The molecule has 0 saturated heterocycles. The molecule has 2 rings (SSSR count). The number of hydrogen-bond donors (Lipinski definition) is 2. The van der Waals surface area contributed by atoms with Crippen molar-refractivity contribution in [2.24, 2.45) is 4.99 Å². The van der Waals surface area contributed by atoms with Crippen molar-refractivity contribution in [1.82, 2.24) is 20.8 Å². The van der Waals surface area contributed by atoms with Crippen LogP contribution in [0.3, 0.4) is 0 Å². The minimum Gasteiger partial charge on any atom is -0.490 e. The number of nitrogens with zero attached hydrogens (tertiary/aromatic N) is 3. The molecule has 0 amide bonds. The van der Waals surface area contributed by atoms with E-state index in [0.29, 0.717) is 37.4 Å². The van der Waals surface area contributed by atoms with E-state index < -0.39 is 0 Å². The molecular weight excluding hydrogens is 370 g/mol. The van der Waals surface area contributed by atoms with Crippen LogP contribution in [0.1, 0.15) is 63.1 Å². The maximum absolute atomic E-state index is 6.07. The first kappa shape index (κ1) is 22.7. The fourth-order valence-corrected chi connectivity index (χ4v) is 2.61. The molecule has 1 aromatic heterocycles. The van der Waals surface area contributed by atoms with Crippen molar-refractivity contribution < 1.29 is 14.0 Å². The molecule has 0 bridgehead atoms. The van der Waals surface area contributed by atoms with Crippen LogP contribution in [-0.2, 0) is 17.8 Å². The Bertz CT molecular complexity index is 790. The Kier molecular flexibility index (Phi) is 8.92. The summed E-state index contributed by atoms with van der Waals surface area (Å²) in [5.74, 6) is 2.55. The van der Waals surface area contributed by atoms with Crippen LogP contribution in [0.5, 0.6) is 5.75 Å². The Morgan fingerprint density at radius 3 is 2.66 bits per heavy atom. The van der Waals surface area contributed by atoms with Crippen molar-refractivity contribution in [2.75, 3.05) is 13.7 Å². The highest BCUT2D eigenvalue weighted by atomic mass is 16.5. The van der Waals surface area contributed by atoms with E-state index in [2.05, 4.69) is 64.7 Å². The molecule has 1 heterocycles. The van der Waals surface area contributed by atoms with Gasteiger partial charge in [0.1, 0.15) is 11.9 Å². The number of aliphatic imine (C=N–C) groups is 1. The number of aromatic nitrogens is 2. The lowest BCUT2D eigenvalue weighted by Crippen LogP contribution is -2.36. The first-order chi connectivity index (χ1) is 14.0. The maximum atomic E-state index is 6.07. The molecule has 2 aromatic rings. The van der Waals surface area contributed by atoms with Crippen molar-refractivity contribution >= 4 is 5.96 Å². The number of ether oxygens (including phenoxy) is 2. The first-order valence-corrected chi connectivity index (χ1v) is 10.1. The van der Waals surface area contributed by atoms with E-state index in [1.807, 2.05) is 13.8 Å². The lowest BCUT2D eigenvalue weighted by molar-refractivity contribution is 0.0683. The summed E-state index contributed by atoms with van der Waals surface area (Å²) in [5, 5.41) is 10.4. The predicted octanol–water partition coefficient (Wildman–Crippen LogP) is 3.52. The summed E-state index contributed by atoms with van der Waals surface area (Å²) < 4.78 is 16.8. The quantitative estimate of drug-likeness (QED) is 0.463. The highest BCUT2D eigenvalue weighted by molar-refractivity contribution is 5.79. The minimum atomic E-state index is -0.194. The molecule has 8 heteroatoms. The normalized spacial score (nSPS) is 13.8. The van der Waals surface area contributed by atoms with Gasteiger partial charge in [-0.2, -0.15) is 4.98 Å². The van der Waals surface area contributed by atoms with Gasteiger partial charge in [-0.15, -0.1) is 0 Å². The Labute approximate surface area is 173 Å². The van der Waals surface area contributed by atoms with E-state index in [1.54, 1.807) is 7.05 Å². The molecule has 29 heavy (non-hydrogen) atoms. The topological polar surface area (TPSA) is 93.8 Å². The average molecular weight is 404 g/mol. The van der Waals surface area contributed by atoms with Gasteiger partial charge in [0.25, 0.3) is 0 Å². The van der Waals surface area contributed by atoms with Crippen LogP contribution >= 0.6 is 0 Å². The zero-order chi connectivity index (χ0) is 21.2. The lowest BCUT2D eigenvalue weighted by atomic mass is 10.1. The number of rotatable bonds is 10. The Balaban J connectivity index is 1.93. The van der Waals surface area contributed by atoms with Crippen LogP contribution in [0, 0.1) is 6.92 Å². The average Bonchev–Trinajstić information content (AvgIpc) is 3.18. The summed E-state index contributed by atoms with van der Waals surface area (Å²) in [6.45, 7) is 11.6. The Morgan fingerprint density at radius 2 is 1.97 bits per heavy atom. The summed E-state index contributed by atoms with van der Waals surface area (Å²) in [6, 6.07) is 6.22. The van der Waals surface area contributed by atoms with Crippen LogP contribution in [0.15, 0.2) is 27.7 Å². The third kappa shape index (κ3) is 7.05. The van der Waals surface area contributed by atoms with Crippen molar-refractivity contribution in [3.05, 3.63) is 41.0 Å². The fraction of sp³-hybridized carbons (Fsp3) is 0.571. The second kappa shape index (κ2) is 11.4. The summed E-state index contributed by atoms with van der Waals surface area (Å²) in [5.41, 5.74) is 2.24. The molecule has 2 atom stereocenters. The molecule has 0 aliphatic heterocycles. The standard InChI is InChI=1S/C21H33N5O3/c1-7-15(4)28-18-11-14(3)9-10-17(18)12-23-21(22-6)24-13-19-25-20(26-29-19)16(5)27-8-2/h9-11,15-16H,7-8,12-13H2,1-6H3,(H2,22,23,24). The molecule has 0 radical (unpaired) electrons. The highest BCUT2D eigenvalue weighted by Crippen LogP contribution is 2.22. The van der Waals surface area contributed by atoms with Gasteiger partial charge in [0.2, 0.25) is 5.89 Å². The van der Waals surface area contributed by atoms with Gasteiger partial charge in [-0.3, -0.25) is 4.99 Å². The molecule has 0 aliphatic carbocycles. The molecule has 0 saturated carbocycles. The molecule has 2 unspecified atom stereocenters. The second-order valence-electron chi connectivity index (χ2n) is 6.87. The maximum Gasteiger partial charge on any atom is 0.246 e. The highest BCUT2D eigenvalue weighted by Gasteiger charge is 2.14. The van der Waals surface area contributed by atoms with E-state index in [0.717, 1.165) is 17.7 Å². The zero-order valence-electron chi connectivity index (χ0n) is 18.3. The smallest absolute Gasteiger partial charge is 0.246 e. The Hall–Kier alpha value is -2.61. The van der Waals surface area contributed by atoms with Gasteiger partial charge in [-0.05, 0) is 45.7 Å². The third-order valence-electron chi connectivity index (χ3n) is 4.47. The zero-order valence-corrected chi connectivity index (χ0v) is 18.3. The molecular formula is C21H33N5O3. The summed E-state index contributed by atoms with van der Waals surface area (Å²) in [6.07, 6.45) is 0.928. The lowest BCUT2D eigenvalue weighted by Gasteiger charge is -2.18. The van der Waals surface area contributed by atoms with E-state index in [1.165, 1.54) is 5.56 Å². The van der Waals surface area contributed by atoms with Gasteiger partial charge in [-0.1, -0.05) is 24.2 Å². The van der Waals surface area contributed by atoms with Crippen LogP contribution < -0.4 is 15.4 Å². The van der Waals surface area contributed by atoms with E-state index in [4.69, 9.17) is 14.0 Å². The predicted molar refractivity (Wildman–Crippen MR) is 113 cm³/mol. The number of guanidine groups is 1. The van der Waals surface area contributed by atoms with Gasteiger partial charge < -0.3 is 24.6 Å². The number of benzene rings is 1. The van der Waals surface area contributed by atoms with Crippen molar-refractivity contribution in [1.29, 1.82) is 0 Å². The van der Waals surface area contributed by atoms with Crippen LogP contribution in [0.25, 0.3) is 0 Å². The monoisotopic (exact) mass is 403 g/mol. The van der Waals surface area contributed by atoms with Crippen molar-refractivity contribution in [3.8, 4) is 5.75 Å². The summed E-state index contributed by atoms with van der Waals surface area (Å²) in [7, 11) is 1.72. The van der Waals surface area contributed by atoms with Gasteiger partial charge in [-0.25, -0.2) is 0 Å². The molecule has 0 fully saturated rings. The van der Waals surface area contributed by atoms with Crippen LogP contribution in [-0.4, -0.2) is 35.9 Å². The van der Waals surface area contributed by atoms with Crippen molar-refractivity contribution in [3.63, 3.8) is 0 Å². The van der Waals surface area contributed by atoms with Gasteiger partial charge in [0.05, 0.1) is 12.6 Å². The molecule has 1 aromatic carbocycles. The Morgan fingerprint density at radius 1 is 1.21 bits per heavy atom. The molecule has 2 N–H and O–H groups in total. The first-order valence-electron chi connectivity index (χ1n) is 10.1. The van der Waals surface area contributed by atoms with Crippen LogP contribution in [0.4, 0.5) is 0 Å². The number of aryl methyl sites for hydroxylation is 1. The summed E-state index contributed by atoms with van der Waals surface area (Å²) in [4.78, 5) is 8.60. The largest absolute Gasteiger partial charge is 0.490 e. The SMILES string of the molecule is CCOC(C)c1noc(CNC(=NC)NCc2ccc(C)cc2OC(C)CC)n1. The third-order valence-corrected chi connectivity index (χ3v) is 4.47. The van der Waals surface area contributed by atoms with E-state index in [-0.39, 0.29) is 12.2 Å². The van der Waals surface area contributed by atoms with E-state index >= 15 is 0 Å². The van der Waals surface area contributed by atoms with Crippen molar-refractivity contribution in [2.45, 2.75) is 66.3 Å². The van der Waals surface area contributed by atoms with Crippen LogP contribution in [0.2, 0.25) is 0 Å². The van der Waals surface area contributed by atoms with Gasteiger partial charge in [0.15, 0.2) is 11.8 Å². The molecule has 160 valence electrons. The van der Waals surface area contributed by atoms with Gasteiger partial charge >= 0.3 is 0 Å². The molecule has 0 spiro atoms. The number of nitrogens with one attached hydrogen (secondary N) is 2. The number of hydrogen-bond acceptors (Lipinski definition) is 6. The van der Waals surface area contributed by atoms with Gasteiger partial charge in [0, 0.05) is 25.8 Å². The fourth-order valence-electron chi connectivity index (χ4n) is 2.61.